The van der Waals surface area contributed by atoms with E-state index in [0.717, 1.165) is 30.4 Å². The van der Waals surface area contributed by atoms with Crippen LogP contribution in [0.25, 0.3) is 0 Å². The Balaban J connectivity index is 2.09. The van der Waals surface area contributed by atoms with Gasteiger partial charge in [-0.25, -0.2) is 4.79 Å². The van der Waals surface area contributed by atoms with Crippen LogP contribution in [0.5, 0.6) is 0 Å². The van der Waals surface area contributed by atoms with Crippen LogP contribution < -0.4 is 5.73 Å². The molecule has 1 aliphatic rings. The van der Waals surface area contributed by atoms with E-state index in [1.54, 1.807) is 0 Å². The van der Waals surface area contributed by atoms with Gasteiger partial charge in [0.1, 0.15) is 0 Å². The van der Waals surface area contributed by atoms with Crippen LogP contribution in [-0.4, -0.2) is 35.0 Å². The number of carbonyl (C=O) groups is 2. The molecule has 1 amide bonds. The number of fused-ring (bicyclic) bond motifs is 1. The lowest BCUT2D eigenvalue weighted by Gasteiger charge is -2.34. The largest absolute Gasteiger partial charge is 0.479 e. The number of carbonyl (C=O) groups excluding carboxylic acids is 1. The van der Waals surface area contributed by atoms with Gasteiger partial charge in [0, 0.05) is 13.0 Å². The highest BCUT2D eigenvalue weighted by Gasteiger charge is 2.35. The number of rotatable bonds is 6. The van der Waals surface area contributed by atoms with Gasteiger partial charge in [-0.05, 0) is 36.9 Å². The van der Waals surface area contributed by atoms with Crippen LogP contribution in [0.15, 0.2) is 24.3 Å². The van der Waals surface area contributed by atoms with Gasteiger partial charge >= 0.3 is 5.97 Å². The van der Waals surface area contributed by atoms with E-state index >= 15 is 0 Å². The standard InChI is InChI=1S/C16H22N2O3/c17-10-5-1-2-8-14(19)18-11-9-12-6-3-4-7-13(12)15(18)16(20)21/h3-4,6-7,15H,1-2,5,8-11,17H2,(H,20,21). The second-order valence-electron chi connectivity index (χ2n) is 5.38. The van der Waals surface area contributed by atoms with Gasteiger partial charge in [-0.1, -0.05) is 30.7 Å². The summed E-state index contributed by atoms with van der Waals surface area (Å²) in [5.41, 5.74) is 7.20. The fourth-order valence-electron chi connectivity index (χ4n) is 2.84. The summed E-state index contributed by atoms with van der Waals surface area (Å²) in [4.78, 5) is 25.4. The molecule has 5 heteroatoms. The van der Waals surface area contributed by atoms with Crippen molar-refractivity contribution in [3.8, 4) is 0 Å². The minimum absolute atomic E-state index is 0.0751. The van der Waals surface area contributed by atoms with E-state index in [2.05, 4.69) is 0 Å². The maximum Gasteiger partial charge on any atom is 0.331 e. The first-order valence-corrected chi connectivity index (χ1v) is 7.45. The molecule has 0 saturated carbocycles. The molecule has 1 atom stereocenters. The topological polar surface area (TPSA) is 83.6 Å². The highest BCUT2D eigenvalue weighted by molar-refractivity contribution is 5.85. The van der Waals surface area contributed by atoms with E-state index in [0.29, 0.717) is 25.9 Å². The number of benzene rings is 1. The van der Waals surface area contributed by atoms with Crippen molar-refractivity contribution in [1.82, 2.24) is 4.90 Å². The number of hydrogen-bond acceptors (Lipinski definition) is 3. The van der Waals surface area contributed by atoms with Gasteiger partial charge in [-0.3, -0.25) is 4.79 Å². The number of carboxylic acids is 1. The molecule has 1 aromatic carbocycles. The molecule has 0 fully saturated rings. The molecule has 0 saturated heterocycles. The highest BCUT2D eigenvalue weighted by Crippen LogP contribution is 2.30. The summed E-state index contributed by atoms with van der Waals surface area (Å²) < 4.78 is 0. The van der Waals surface area contributed by atoms with E-state index in [1.807, 2.05) is 24.3 Å². The Labute approximate surface area is 124 Å². The number of nitrogens with zero attached hydrogens (tertiary/aromatic N) is 1. The van der Waals surface area contributed by atoms with Crippen LogP contribution in [0.1, 0.15) is 42.9 Å². The summed E-state index contributed by atoms with van der Waals surface area (Å²) >= 11 is 0. The van der Waals surface area contributed by atoms with Gasteiger partial charge in [0.25, 0.3) is 0 Å². The number of nitrogens with two attached hydrogens (primary N) is 1. The predicted octanol–water partition coefficient (Wildman–Crippen LogP) is 1.72. The Kier molecular flexibility index (Phi) is 5.33. The SMILES string of the molecule is NCCCCCC(=O)N1CCc2ccccc2C1C(=O)O. The summed E-state index contributed by atoms with van der Waals surface area (Å²) in [6.45, 7) is 1.10. The predicted molar refractivity (Wildman–Crippen MR) is 79.8 cm³/mol. The zero-order chi connectivity index (χ0) is 15.2. The molecule has 0 aromatic heterocycles. The minimum Gasteiger partial charge on any atom is -0.479 e. The molecule has 1 aliphatic heterocycles. The maximum atomic E-state index is 12.3. The second-order valence-corrected chi connectivity index (χ2v) is 5.38. The van der Waals surface area contributed by atoms with Gasteiger partial charge < -0.3 is 15.7 Å². The van der Waals surface area contributed by atoms with Crippen molar-refractivity contribution < 1.29 is 14.7 Å². The van der Waals surface area contributed by atoms with Crippen LogP contribution in [-0.2, 0) is 16.0 Å². The molecule has 114 valence electrons. The second kappa shape index (κ2) is 7.22. The Hall–Kier alpha value is -1.88. The molecule has 1 unspecified atom stereocenters. The van der Waals surface area contributed by atoms with Crippen LogP contribution in [0.3, 0.4) is 0 Å². The van der Waals surface area contributed by atoms with Gasteiger partial charge in [0.2, 0.25) is 5.91 Å². The number of carboxylic acid groups (broad SMARTS) is 1. The zero-order valence-electron chi connectivity index (χ0n) is 12.1. The first-order chi connectivity index (χ1) is 10.1. The Morgan fingerprint density at radius 1 is 1.24 bits per heavy atom. The van der Waals surface area contributed by atoms with Crippen molar-refractivity contribution in [2.75, 3.05) is 13.1 Å². The zero-order valence-corrected chi connectivity index (χ0v) is 12.1. The van der Waals surface area contributed by atoms with E-state index in [9.17, 15) is 14.7 Å². The van der Waals surface area contributed by atoms with Crippen LogP contribution in [0.2, 0.25) is 0 Å². The third-order valence-corrected chi connectivity index (χ3v) is 3.93. The molecule has 1 aromatic rings. The van der Waals surface area contributed by atoms with Crippen LogP contribution >= 0.6 is 0 Å². The molecule has 21 heavy (non-hydrogen) atoms. The van der Waals surface area contributed by atoms with Crippen LogP contribution in [0.4, 0.5) is 0 Å². The van der Waals surface area contributed by atoms with Crippen molar-refractivity contribution >= 4 is 11.9 Å². The van der Waals surface area contributed by atoms with Crippen molar-refractivity contribution in [2.45, 2.75) is 38.1 Å². The van der Waals surface area contributed by atoms with Gasteiger partial charge in [-0.15, -0.1) is 0 Å². The molecule has 0 bridgehead atoms. The lowest BCUT2D eigenvalue weighted by Crippen LogP contribution is -2.43. The van der Waals surface area contributed by atoms with Crippen LogP contribution in [0, 0.1) is 0 Å². The highest BCUT2D eigenvalue weighted by atomic mass is 16.4. The summed E-state index contributed by atoms with van der Waals surface area (Å²) in [5, 5.41) is 9.50. The smallest absolute Gasteiger partial charge is 0.331 e. The van der Waals surface area contributed by atoms with Gasteiger partial charge in [-0.2, -0.15) is 0 Å². The third kappa shape index (κ3) is 3.61. The molecule has 0 aliphatic carbocycles. The number of unbranched alkanes of at least 4 members (excludes halogenated alkanes) is 2. The molecule has 5 nitrogen and oxygen atoms in total. The Bertz CT molecular complexity index is 516. The fourth-order valence-corrected chi connectivity index (χ4v) is 2.84. The molecule has 2 rings (SSSR count). The summed E-state index contributed by atoms with van der Waals surface area (Å²) in [5.74, 6) is -1.04. The van der Waals surface area contributed by atoms with Gasteiger partial charge in [0.05, 0.1) is 0 Å². The fraction of sp³-hybridized carbons (Fsp3) is 0.500. The number of aliphatic carboxylic acids is 1. The lowest BCUT2D eigenvalue weighted by atomic mass is 9.92. The molecular formula is C16H22N2O3. The Morgan fingerprint density at radius 3 is 2.71 bits per heavy atom. The van der Waals surface area contributed by atoms with E-state index in [-0.39, 0.29) is 5.91 Å². The lowest BCUT2D eigenvalue weighted by molar-refractivity contribution is -0.151. The number of hydrogen-bond donors (Lipinski definition) is 2. The van der Waals surface area contributed by atoms with Crippen molar-refractivity contribution in [1.29, 1.82) is 0 Å². The summed E-state index contributed by atoms with van der Waals surface area (Å²) in [6, 6.07) is 6.62. The normalized spacial score (nSPS) is 17.4. The van der Waals surface area contributed by atoms with Gasteiger partial charge in [0.15, 0.2) is 6.04 Å². The van der Waals surface area contributed by atoms with E-state index < -0.39 is 12.0 Å². The average Bonchev–Trinajstić information content (AvgIpc) is 2.50. The molecule has 1 heterocycles. The Morgan fingerprint density at radius 2 is 2.00 bits per heavy atom. The summed E-state index contributed by atoms with van der Waals surface area (Å²) in [6.07, 6.45) is 3.68. The molecular weight excluding hydrogens is 268 g/mol. The molecule has 0 radical (unpaired) electrons. The van der Waals surface area contributed by atoms with Crippen molar-refractivity contribution in [3.05, 3.63) is 35.4 Å². The average molecular weight is 290 g/mol. The summed E-state index contributed by atoms with van der Waals surface area (Å²) in [7, 11) is 0. The number of amides is 1. The first-order valence-electron chi connectivity index (χ1n) is 7.45. The monoisotopic (exact) mass is 290 g/mol. The molecule has 3 N–H and O–H groups in total. The first kappa shape index (κ1) is 15.5. The molecule has 0 spiro atoms. The van der Waals surface area contributed by atoms with E-state index in [4.69, 9.17) is 5.73 Å². The van der Waals surface area contributed by atoms with E-state index in [1.165, 1.54) is 4.90 Å². The maximum absolute atomic E-state index is 12.3. The third-order valence-electron chi connectivity index (χ3n) is 3.93. The van der Waals surface area contributed by atoms with Crippen molar-refractivity contribution in [2.24, 2.45) is 5.73 Å². The van der Waals surface area contributed by atoms with Crippen molar-refractivity contribution in [3.63, 3.8) is 0 Å². The quantitative estimate of drug-likeness (QED) is 0.781. The minimum atomic E-state index is -0.961.